The van der Waals surface area contributed by atoms with Crippen LogP contribution >= 0.6 is 0 Å². The summed E-state index contributed by atoms with van der Waals surface area (Å²) in [5, 5.41) is 3.71. The number of hydrogen-bond donors (Lipinski definition) is 1. The van der Waals surface area contributed by atoms with Crippen LogP contribution in [0.5, 0.6) is 5.75 Å². The van der Waals surface area contributed by atoms with Crippen molar-refractivity contribution < 1.29 is 41.7 Å². The topological polar surface area (TPSA) is 102 Å². The number of likely N-dealkylation sites (tertiary alicyclic amines) is 1. The highest BCUT2D eigenvalue weighted by Crippen LogP contribution is 2.51. The van der Waals surface area contributed by atoms with Crippen LogP contribution in [0.3, 0.4) is 0 Å². The second-order valence-corrected chi connectivity index (χ2v) is 12.5. The lowest BCUT2D eigenvalue weighted by atomic mass is 9.78. The normalized spacial score (nSPS) is 28.0. The van der Waals surface area contributed by atoms with Gasteiger partial charge in [-0.25, -0.2) is 4.79 Å². The summed E-state index contributed by atoms with van der Waals surface area (Å²) in [5.41, 5.74) is 0.0355. The molecule has 0 bridgehead atoms. The molecule has 4 heterocycles. The second-order valence-electron chi connectivity index (χ2n) is 12.5. The minimum Gasteiger partial charge on any atom is -0.497 e. The number of amides is 2. The van der Waals surface area contributed by atoms with Crippen molar-refractivity contribution in [1.82, 2.24) is 20.1 Å². The van der Waals surface area contributed by atoms with E-state index in [4.69, 9.17) is 18.9 Å². The first-order valence-electron chi connectivity index (χ1n) is 15.3. The van der Waals surface area contributed by atoms with Crippen molar-refractivity contribution in [3.63, 3.8) is 0 Å². The molecule has 6 rings (SSSR count). The SMILES string of the molecule is COc1cccc(COC(=O)N2C[C@H]3C[C@H](NC4CCOCC4OC)C[C@@]3(C(=O)N3CCc4ncc(C(F)(F)F)cc4C3)C2)c1. The first-order chi connectivity index (χ1) is 21.6. The third kappa shape index (κ3) is 6.48. The van der Waals surface area contributed by atoms with E-state index in [2.05, 4.69) is 10.3 Å². The number of carbonyl (C=O) groups excluding carboxylic acids is 2. The molecule has 3 aliphatic heterocycles. The number of nitrogens with zero attached hydrogens (tertiary/aromatic N) is 3. The molecule has 3 fully saturated rings. The van der Waals surface area contributed by atoms with Crippen LogP contribution in [0.2, 0.25) is 0 Å². The number of aromatic nitrogens is 1. The maximum atomic E-state index is 14.5. The van der Waals surface area contributed by atoms with Crippen LogP contribution in [0, 0.1) is 11.3 Å². The van der Waals surface area contributed by atoms with Gasteiger partial charge in [-0.1, -0.05) is 12.1 Å². The number of hydrogen-bond acceptors (Lipinski definition) is 8. The third-order valence-corrected chi connectivity index (χ3v) is 9.77. The Bertz CT molecular complexity index is 1410. The smallest absolute Gasteiger partial charge is 0.417 e. The zero-order valence-electron chi connectivity index (χ0n) is 25.5. The van der Waals surface area contributed by atoms with Crippen molar-refractivity contribution in [2.45, 2.75) is 63.2 Å². The molecular formula is C32H39F3N4O6. The van der Waals surface area contributed by atoms with Gasteiger partial charge in [0.05, 0.1) is 30.8 Å². The molecule has 13 heteroatoms. The number of halogens is 3. The van der Waals surface area contributed by atoms with Crippen molar-refractivity contribution in [2.75, 3.05) is 47.1 Å². The highest BCUT2D eigenvalue weighted by molar-refractivity contribution is 5.86. The summed E-state index contributed by atoms with van der Waals surface area (Å²) < 4.78 is 62.5. The van der Waals surface area contributed by atoms with Gasteiger partial charge >= 0.3 is 12.3 Å². The number of rotatable bonds is 7. The summed E-state index contributed by atoms with van der Waals surface area (Å²) >= 11 is 0. The lowest BCUT2D eigenvalue weighted by Gasteiger charge is -2.37. The Morgan fingerprint density at radius 2 is 2.04 bits per heavy atom. The maximum absolute atomic E-state index is 14.5. The molecule has 244 valence electrons. The fourth-order valence-corrected chi connectivity index (χ4v) is 7.47. The van der Waals surface area contributed by atoms with Gasteiger partial charge in [-0.15, -0.1) is 0 Å². The first-order valence-corrected chi connectivity index (χ1v) is 15.3. The molecule has 1 saturated carbocycles. The van der Waals surface area contributed by atoms with Crippen molar-refractivity contribution in [3.05, 3.63) is 58.9 Å². The van der Waals surface area contributed by atoms with E-state index in [1.807, 2.05) is 12.1 Å². The van der Waals surface area contributed by atoms with Crippen LogP contribution in [0.25, 0.3) is 0 Å². The molecule has 1 aromatic heterocycles. The second kappa shape index (κ2) is 12.8. The number of methoxy groups -OCH3 is 2. The van der Waals surface area contributed by atoms with Crippen molar-refractivity contribution in [2.24, 2.45) is 11.3 Å². The highest BCUT2D eigenvalue weighted by Gasteiger charge is 2.60. The number of benzene rings is 1. The number of pyridine rings is 1. The van der Waals surface area contributed by atoms with Crippen LogP contribution in [-0.2, 0) is 44.8 Å². The van der Waals surface area contributed by atoms with E-state index in [1.54, 1.807) is 36.2 Å². The average molecular weight is 633 g/mol. The van der Waals surface area contributed by atoms with E-state index in [1.165, 1.54) is 0 Å². The standard InChI is InChI=1S/C32H39F3N4O6/c1-42-25-5-3-4-20(10-25)17-45-30(41)39-16-23-12-24(37-27-7-9-44-18-28(27)43-2)13-31(23,19-39)29(40)38-8-6-26-21(15-38)11-22(14-36-26)32(33,34)35/h3-5,10-11,14,23-24,27-28,37H,6-9,12-13,15-19H2,1-2H3/t23-,24+,27?,28?,31-/m1/s1. The first kappa shape index (κ1) is 31.6. The molecule has 2 amide bonds. The van der Waals surface area contributed by atoms with Gasteiger partial charge in [0.15, 0.2) is 0 Å². The van der Waals surface area contributed by atoms with Gasteiger partial charge in [-0.05, 0) is 54.5 Å². The molecule has 4 aliphatic rings. The van der Waals surface area contributed by atoms with Gasteiger partial charge in [0, 0.05) is 70.3 Å². The van der Waals surface area contributed by atoms with Crippen LogP contribution < -0.4 is 10.1 Å². The van der Waals surface area contributed by atoms with Gasteiger partial charge in [-0.3, -0.25) is 9.78 Å². The van der Waals surface area contributed by atoms with E-state index in [0.29, 0.717) is 62.6 Å². The molecule has 1 aliphatic carbocycles. The molecular weight excluding hydrogens is 593 g/mol. The Hall–Kier alpha value is -3.42. The molecule has 0 radical (unpaired) electrons. The predicted molar refractivity (Wildman–Crippen MR) is 155 cm³/mol. The Morgan fingerprint density at radius 1 is 1.20 bits per heavy atom. The van der Waals surface area contributed by atoms with Gasteiger partial charge in [-0.2, -0.15) is 13.2 Å². The number of fused-ring (bicyclic) bond motifs is 2. The molecule has 2 saturated heterocycles. The third-order valence-electron chi connectivity index (χ3n) is 9.77. The molecule has 5 atom stereocenters. The van der Waals surface area contributed by atoms with Gasteiger partial charge in [0.2, 0.25) is 5.91 Å². The van der Waals surface area contributed by atoms with E-state index in [0.717, 1.165) is 24.2 Å². The molecule has 10 nitrogen and oxygen atoms in total. The lowest BCUT2D eigenvalue weighted by molar-refractivity contribution is -0.143. The molecule has 45 heavy (non-hydrogen) atoms. The molecule has 0 spiro atoms. The van der Waals surface area contributed by atoms with Crippen molar-refractivity contribution >= 4 is 12.0 Å². The van der Waals surface area contributed by atoms with Crippen LogP contribution in [-0.4, -0.2) is 92.0 Å². The number of carbonyl (C=O) groups is 2. The summed E-state index contributed by atoms with van der Waals surface area (Å²) in [4.78, 5) is 35.1. The Morgan fingerprint density at radius 3 is 2.82 bits per heavy atom. The summed E-state index contributed by atoms with van der Waals surface area (Å²) in [6.07, 6.45) is -1.97. The average Bonchev–Trinajstić information content (AvgIpc) is 3.57. The summed E-state index contributed by atoms with van der Waals surface area (Å²) in [5.74, 6) is 0.371. The molecule has 1 aromatic carbocycles. The monoisotopic (exact) mass is 632 g/mol. The number of ether oxygens (including phenoxy) is 4. The van der Waals surface area contributed by atoms with Crippen LogP contribution in [0.1, 0.15) is 41.6 Å². The van der Waals surface area contributed by atoms with Crippen molar-refractivity contribution in [3.8, 4) is 5.75 Å². The fraction of sp³-hybridized carbons (Fsp3) is 0.594. The van der Waals surface area contributed by atoms with Crippen LogP contribution in [0.15, 0.2) is 36.5 Å². The van der Waals surface area contributed by atoms with E-state index >= 15 is 0 Å². The maximum Gasteiger partial charge on any atom is 0.417 e. The Kier molecular flexibility index (Phi) is 8.95. The van der Waals surface area contributed by atoms with Crippen molar-refractivity contribution in [1.29, 1.82) is 0 Å². The van der Waals surface area contributed by atoms with Crippen LogP contribution in [0.4, 0.5) is 18.0 Å². The van der Waals surface area contributed by atoms with E-state index in [-0.39, 0.29) is 49.7 Å². The Labute approximate surface area is 260 Å². The fourth-order valence-electron chi connectivity index (χ4n) is 7.47. The predicted octanol–water partition coefficient (Wildman–Crippen LogP) is 3.80. The van der Waals surface area contributed by atoms with E-state index < -0.39 is 23.2 Å². The summed E-state index contributed by atoms with van der Waals surface area (Å²) in [6.45, 7) is 2.09. The molecule has 1 N–H and O–H groups in total. The highest BCUT2D eigenvalue weighted by atomic mass is 19.4. The number of nitrogens with one attached hydrogen (secondary N) is 1. The van der Waals surface area contributed by atoms with E-state index in [9.17, 15) is 22.8 Å². The molecule has 2 unspecified atom stereocenters. The lowest BCUT2D eigenvalue weighted by Crippen LogP contribution is -2.52. The number of alkyl halides is 3. The quantitative estimate of drug-likeness (QED) is 0.492. The minimum atomic E-state index is -4.52. The summed E-state index contributed by atoms with van der Waals surface area (Å²) in [7, 11) is 3.22. The van der Waals surface area contributed by atoms with Gasteiger partial charge < -0.3 is 34.1 Å². The largest absolute Gasteiger partial charge is 0.497 e. The molecule has 2 aromatic rings. The zero-order chi connectivity index (χ0) is 31.8. The van der Waals surface area contributed by atoms with Gasteiger partial charge in [0.25, 0.3) is 0 Å². The Balaban J connectivity index is 1.20. The van der Waals surface area contributed by atoms with Gasteiger partial charge in [0.1, 0.15) is 12.4 Å². The summed E-state index contributed by atoms with van der Waals surface area (Å²) in [6, 6.07) is 8.43. The minimum absolute atomic E-state index is 0.00484. The zero-order valence-corrected chi connectivity index (χ0v) is 25.5.